The zero-order valence-electron chi connectivity index (χ0n) is 9.22. The molecule has 0 N–H and O–H groups in total. The van der Waals surface area contributed by atoms with Gasteiger partial charge in [0.05, 0.1) is 7.11 Å². The summed E-state index contributed by atoms with van der Waals surface area (Å²) in [5.74, 6) is 1.48. The average Bonchev–Trinajstić information content (AvgIpc) is 2.71. The summed E-state index contributed by atoms with van der Waals surface area (Å²) in [7, 11) is 1.56. The monoisotopic (exact) mass is 218 g/mol. The summed E-state index contributed by atoms with van der Waals surface area (Å²) in [5, 5.41) is 0. The van der Waals surface area contributed by atoms with Gasteiger partial charge < -0.3 is 4.74 Å². The van der Waals surface area contributed by atoms with Crippen molar-refractivity contribution in [1.82, 2.24) is 4.98 Å². The molecule has 16 heavy (non-hydrogen) atoms. The molecule has 1 aliphatic rings. The van der Waals surface area contributed by atoms with Crippen LogP contribution in [0, 0.1) is 5.92 Å². The van der Waals surface area contributed by atoms with Crippen molar-refractivity contribution in [3.05, 3.63) is 30.9 Å². The topological polar surface area (TPSA) is 42.4 Å². The molecule has 2 heterocycles. The van der Waals surface area contributed by atoms with Gasteiger partial charge in [-0.05, 0) is 6.07 Å². The molecular weight excluding hydrogens is 204 g/mol. The van der Waals surface area contributed by atoms with Gasteiger partial charge in [-0.3, -0.25) is 9.69 Å². The van der Waals surface area contributed by atoms with Crippen molar-refractivity contribution < 1.29 is 9.53 Å². The van der Waals surface area contributed by atoms with Gasteiger partial charge in [0.2, 0.25) is 11.8 Å². The molecule has 84 valence electrons. The molecule has 4 heteroatoms. The maximum atomic E-state index is 11.7. The summed E-state index contributed by atoms with van der Waals surface area (Å²) in [4.78, 5) is 17.7. The number of amides is 1. The van der Waals surface area contributed by atoms with Crippen LogP contribution in [0.3, 0.4) is 0 Å². The number of carbonyl (C=O) groups excluding carboxylic acids is 1. The van der Waals surface area contributed by atoms with Gasteiger partial charge in [-0.2, -0.15) is 4.98 Å². The Bertz CT molecular complexity index is 417. The van der Waals surface area contributed by atoms with Crippen molar-refractivity contribution >= 4 is 11.7 Å². The first-order valence-electron chi connectivity index (χ1n) is 5.18. The maximum Gasteiger partial charge on any atom is 0.228 e. The number of carbonyl (C=O) groups is 1. The Hall–Kier alpha value is -1.84. The van der Waals surface area contributed by atoms with Gasteiger partial charge in [0.15, 0.2) is 0 Å². The second-order valence-corrected chi connectivity index (χ2v) is 3.74. The van der Waals surface area contributed by atoms with Crippen molar-refractivity contribution in [2.45, 2.75) is 6.42 Å². The van der Waals surface area contributed by atoms with E-state index < -0.39 is 0 Å². The number of ether oxygens (including phenoxy) is 1. The van der Waals surface area contributed by atoms with Crippen LogP contribution in [0.4, 0.5) is 5.82 Å². The smallest absolute Gasteiger partial charge is 0.228 e. The molecular formula is C12H14N2O2. The molecule has 1 aromatic rings. The van der Waals surface area contributed by atoms with E-state index in [9.17, 15) is 4.79 Å². The van der Waals surface area contributed by atoms with Crippen LogP contribution >= 0.6 is 0 Å². The van der Waals surface area contributed by atoms with Crippen LogP contribution in [0.5, 0.6) is 5.88 Å². The van der Waals surface area contributed by atoms with Gasteiger partial charge in [0.25, 0.3) is 0 Å². The number of hydrogen-bond acceptors (Lipinski definition) is 3. The molecule has 1 fully saturated rings. The number of hydrogen-bond donors (Lipinski definition) is 0. The maximum absolute atomic E-state index is 11.7. The number of aromatic nitrogens is 1. The molecule has 0 spiro atoms. The molecule has 1 amide bonds. The third-order valence-corrected chi connectivity index (χ3v) is 2.68. The van der Waals surface area contributed by atoms with E-state index in [1.807, 2.05) is 18.2 Å². The van der Waals surface area contributed by atoms with E-state index in [0.717, 1.165) is 0 Å². The number of anilines is 1. The fourth-order valence-corrected chi connectivity index (χ4v) is 1.78. The van der Waals surface area contributed by atoms with Crippen molar-refractivity contribution in [3.8, 4) is 5.88 Å². The minimum atomic E-state index is 0.0886. The SMILES string of the molecule is C=CC1CC(=O)N(c2cccc(OC)n2)C1. The first-order valence-corrected chi connectivity index (χ1v) is 5.18. The van der Waals surface area contributed by atoms with Crippen molar-refractivity contribution in [2.24, 2.45) is 5.92 Å². The van der Waals surface area contributed by atoms with E-state index in [-0.39, 0.29) is 11.8 Å². The Morgan fingerprint density at radius 2 is 2.44 bits per heavy atom. The first-order chi connectivity index (χ1) is 7.74. The normalized spacial score (nSPS) is 19.9. The van der Waals surface area contributed by atoms with Crippen molar-refractivity contribution in [2.75, 3.05) is 18.6 Å². The van der Waals surface area contributed by atoms with Crippen LogP contribution < -0.4 is 9.64 Å². The second-order valence-electron chi connectivity index (χ2n) is 3.74. The minimum absolute atomic E-state index is 0.0886. The standard InChI is InChI=1S/C12H14N2O2/c1-3-9-7-12(15)14(8-9)10-5-4-6-11(13-10)16-2/h3-6,9H,1,7-8H2,2H3. The van der Waals surface area contributed by atoms with Crippen LogP contribution in [-0.4, -0.2) is 24.5 Å². The Balaban J connectivity index is 2.23. The van der Waals surface area contributed by atoms with E-state index in [1.165, 1.54) is 0 Å². The van der Waals surface area contributed by atoms with Crippen LogP contribution in [-0.2, 0) is 4.79 Å². The largest absolute Gasteiger partial charge is 0.481 e. The van der Waals surface area contributed by atoms with Gasteiger partial charge in [-0.1, -0.05) is 12.1 Å². The van der Waals surface area contributed by atoms with Crippen LogP contribution in [0.2, 0.25) is 0 Å². The predicted molar refractivity (Wildman–Crippen MR) is 61.4 cm³/mol. The Labute approximate surface area is 94.5 Å². The molecule has 1 aliphatic heterocycles. The van der Waals surface area contributed by atoms with Gasteiger partial charge in [-0.25, -0.2) is 0 Å². The highest BCUT2D eigenvalue weighted by Gasteiger charge is 2.29. The molecule has 0 aliphatic carbocycles. The average molecular weight is 218 g/mol. The van der Waals surface area contributed by atoms with Crippen molar-refractivity contribution in [1.29, 1.82) is 0 Å². The Morgan fingerprint density at radius 1 is 1.62 bits per heavy atom. The van der Waals surface area contributed by atoms with E-state index in [1.54, 1.807) is 18.1 Å². The van der Waals surface area contributed by atoms with E-state index in [0.29, 0.717) is 24.7 Å². The van der Waals surface area contributed by atoms with Crippen molar-refractivity contribution in [3.63, 3.8) is 0 Å². The van der Waals surface area contributed by atoms with Crippen LogP contribution in [0.15, 0.2) is 30.9 Å². The molecule has 0 aromatic carbocycles. The second kappa shape index (κ2) is 4.35. The highest BCUT2D eigenvalue weighted by molar-refractivity contribution is 5.95. The molecule has 1 atom stereocenters. The first kappa shape index (κ1) is 10.7. The number of methoxy groups -OCH3 is 1. The molecule has 1 aromatic heterocycles. The highest BCUT2D eigenvalue weighted by atomic mass is 16.5. The Morgan fingerprint density at radius 3 is 3.06 bits per heavy atom. The summed E-state index contributed by atoms with van der Waals surface area (Å²) in [6.45, 7) is 4.37. The lowest BCUT2D eigenvalue weighted by Gasteiger charge is -2.15. The summed E-state index contributed by atoms with van der Waals surface area (Å²) in [6.07, 6.45) is 2.33. The third kappa shape index (κ3) is 1.91. The lowest BCUT2D eigenvalue weighted by molar-refractivity contribution is -0.117. The molecule has 1 unspecified atom stereocenters. The van der Waals surface area contributed by atoms with Crippen LogP contribution in [0.25, 0.3) is 0 Å². The molecule has 4 nitrogen and oxygen atoms in total. The molecule has 0 saturated carbocycles. The lowest BCUT2D eigenvalue weighted by atomic mass is 10.1. The van der Waals surface area contributed by atoms with E-state index in [4.69, 9.17) is 4.74 Å². The number of rotatable bonds is 3. The summed E-state index contributed by atoms with van der Waals surface area (Å²) in [6, 6.07) is 5.40. The summed E-state index contributed by atoms with van der Waals surface area (Å²) >= 11 is 0. The minimum Gasteiger partial charge on any atom is -0.481 e. The van der Waals surface area contributed by atoms with Gasteiger partial charge in [0.1, 0.15) is 5.82 Å². The highest BCUT2D eigenvalue weighted by Crippen LogP contribution is 2.25. The van der Waals surface area contributed by atoms with Gasteiger partial charge in [0, 0.05) is 24.9 Å². The van der Waals surface area contributed by atoms with E-state index in [2.05, 4.69) is 11.6 Å². The summed E-state index contributed by atoms with van der Waals surface area (Å²) in [5.41, 5.74) is 0. The lowest BCUT2D eigenvalue weighted by Crippen LogP contribution is -2.25. The fourth-order valence-electron chi connectivity index (χ4n) is 1.78. The van der Waals surface area contributed by atoms with Gasteiger partial charge in [-0.15, -0.1) is 6.58 Å². The third-order valence-electron chi connectivity index (χ3n) is 2.68. The van der Waals surface area contributed by atoms with E-state index >= 15 is 0 Å². The quantitative estimate of drug-likeness (QED) is 0.724. The fraction of sp³-hybridized carbons (Fsp3) is 0.333. The summed E-state index contributed by atoms with van der Waals surface area (Å²) < 4.78 is 5.03. The molecule has 0 radical (unpaired) electrons. The Kier molecular flexibility index (Phi) is 2.90. The van der Waals surface area contributed by atoms with Crippen LogP contribution in [0.1, 0.15) is 6.42 Å². The molecule has 2 rings (SSSR count). The predicted octanol–water partition coefficient (Wildman–Crippen LogP) is 1.63. The molecule has 0 bridgehead atoms. The zero-order chi connectivity index (χ0) is 11.5. The van der Waals surface area contributed by atoms with Gasteiger partial charge >= 0.3 is 0 Å². The number of nitrogens with zero attached hydrogens (tertiary/aromatic N) is 2. The molecule has 1 saturated heterocycles. The zero-order valence-corrected chi connectivity index (χ0v) is 9.22. The number of pyridine rings is 1.